The predicted octanol–water partition coefficient (Wildman–Crippen LogP) is 20.2. The van der Waals surface area contributed by atoms with Crippen molar-refractivity contribution in [2.75, 3.05) is 0 Å². The molecule has 1 spiro atoms. The molecule has 3 aromatic heterocycles. The number of fused-ring (bicyclic) bond motifs is 9. The minimum Gasteiger partial charge on any atom is -0.312 e. The first-order valence-corrected chi connectivity index (χ1v) is 31.7. The highest BCUT2D eigenvalue weighted by atomic mass is 16.8. The fourth-order valence-corrected chi connectivity index (χ4v) is 14.4. The number of imidazole rings is 1. The maximum absolute atomic E-state index is 8.31. The van der Waals surface area contributed by atoms with Gasteiger partial charge in [0.2, 0.25) is 11.9 Å². The standard InChI is InChI=1S/C80H90N5O/c1-74(2,3)50-31-29-49-35-51(75(4,5)6)46-69(60(49)41-50)83-65-27-23-22-25-57(65)58-32-30-47(37-68(58)83)48-33-34-81-67(36-48)62-43-54(78(13,14)15)42-61-59-26-24-28-66-70(59)84-73(82(66)56-39-52(76(7,8)9)38-53(40-56)77(10,11)12)63-44-55(79(16,17)18)45-64(80(19,20)21)72(63)86-85(81,84)71(61)62/h22-46,49,60H,1-21H3/q+3. The van der Waals surface area contributed by atoms with Crippen LogP contribution in [0.25, 0.3) is 89.1 Å². The van der Waals surface area contributed by atoms with Crippen molar-refractivity contribution < 1.29 is 14.2 Å². The van der Waals surface area contributed by atoms with Gasteiger partial charge in [0, 0.05) is 51.6 Å². The zero-order valence-corrected chi connectivity index (χ0v) is 55.2. The Morgan fingerprint density at radius 2 is 1.06 bits per heavy atom. The van der Waals surface area contributed by atoms with E-state index in [1.807, 2.05) is 0 Å². The molecule has 14 rings (SSSR count). The summed E-state index contributed by atoms with van der Waals surface area (Å²) < 4.78 is 10.2. The van der Waals surface area contributed by atoms with Gasteiger partial charge in [-0.25, -0.2) is 4.84 Å². The van der Waals surface area contributed by atoms with E-state index in [2.05, 4.69) is 316 Å². The minimum absolute atomic E-state index is 0.0112. The second kappa shape index (κ2) is 17.8. The summed E-state index contributed by atoms with van der Waals surface area (Å²) in [6, 6.07) is 45.4. The molecular formula is C80H90N5O+3. The molecule has 3 atom stereocenters. The smallest absolute Gasteiger partial charge is 0.312 e. The number of para-hydroxylation sites is 2. The van der Waals surface area contributed by atoms with Gasteiger partial charge in [-0.2, -0.15) is 4.57 Å². The van der Waals surface area contributed by atoms with Crippen LogP contribution in [0.5, 0.6) is 5.75 Å². The molecule has 86 heavy (non-hydrogen) atoms. The first kappa shape index (κ1) is 56.3. The topological polar surface area (TPSA) is 26.8 Å². The lowest BCUT2D eigenvalue weighted by Crippen LogP contribution is -2.88. The first-order chi connectivity index (χ1) is 40.0. The van der Waals surface area contributed by atoms with Gasteiger partial charge in [-0.3, -0.25) is 0 Å². The van der Waals surface area contributed by atoms with Crippen molar-refractivity contribution in [3.8, 4) is 56.3 Å². The Morgan fingerprint density at radius 1 is 0.465 bits per heavy atom. The van der Waals surface area contributed by atoms with Gasteiger partial charge in [-0.1, -0.05) is 218 Å². The van der Waals surface area contributed by atoms with Crippen LogP contribution in [-0.4, -0.2) is 9.13 Å². The molecule has 0 amide bonds. The second-order valence-corrected chi connectivity index (χ2v) is 33.1. The molecule has 9 aromatic rings. The van der Waals surface area contributed by atoms with Gasteiger partial charge in [-0.05, 0) is 143 Å². The molecular weight excluding hydrogens is 1050 g/mol. The van der Waals surface area contributed by atoms with E-state index in [0.29, 0.717) is 0 Å². The molecule has 2 aliphatic carbocycles. The minimum atomic E-state index is -0.271. The molecule has 6 nitrogen and oxygen atoms in total. The lowest BCUT2D eigenvalue weighted by Gasteiger charge is -2.37. The number of hydrogen-bond donors (Lipinski definition) is 0. The van der Waals surface area contributed by atoms with Crippen molar-refractivity contribution in [2.24, 2.45) is 22.7 Å². The van der Waals surface area contributed by atoms with Gasteiger partial charge in [0.1, 0.15) is 16.8 Å². The van der Waals surface area contributed by atoms with E-state index in [9.17, 15) is 0 Å². The van der Waals surface area contributed by atoms with Gasteiger partial charge < -0.3 is 4.57 Å². The summed E-state index contributed by atoms with van der Waals surface area (Å²) in [5, 5.41) is 2.53. The summed E-state index contributed by atoms with van der Waals surface area (Å²) in [5.41, 5.74) is 24.9. The largest absolute Gasteiger partial charge is 0.361 e. The number of rotatable bonds is 3. The fourth-order valence-electron chi connectivity index (χ4n) is 14.4. The number of hydrogen-bond acceptors (Lipinski definition) is 1. The van der Waals surface area contributed by atoms with Crippen LogP contribution in [0.3, 0.4) is 0 Å². The van der Waals surface area contributed by atoms with Crippen molar-refractivity contribution in [1.29, 1.82) is 0 Å². The van der Waals surface area contributed by atoms with E-state index in [-0.39, 0.29) is 54.6 Å². The van der Waals surface area contributed by atoms with Crippen LogP contribution in [0.1, 0.15) is 173 Å². The predicted molar refractivity (Wildman–Crippen MR) is 361 cm³/mol. The molecule has 3 aliphatic heterocycles. The molecule has 6 heterocycles. The number of quaternary nitrogens is 1. The van der Waals surface area contributed by atoms with E-state index in [1.54, 1.807) is 0 Å². The molecule has 438 valence electrons. The van der Waals surface area contributed by atoms with E-state index >= 15 is 0 Å². The summed E-state index contributed by atoms with van der Waals surface area (Å²) >= 11 is 0. The monoisotopic (exact) mass is 1140 g/mol. The van der Waals surface area contributed by atoms with Crippen LogP contribution >= 0.6 is 0 Å². The molecule has 0 N–H and O–H groups in total. The van der Waals surface area contributed by atoms with Gasteiger partial charge >= 0.3 is 11.5 Å². The Balaban J connectivity index is 1.07. The van der Waals surface area contributed by atoms with E-state index < -0.39 is 0 Å². The van der Waals surface area contributed by atoms with E-state index in [0.717, 1.165) is 50.8 Å². The van der Waals surface area contributed by atoms with Crippen LogP contribution in [0.4, 0.5) is 5.69 Å². The molecule has 5 aliphatic rings. The summed E-state index contributed by atoms with van der Waals surface area (Å²) in [7, 11) is 0. The van der Waals surface area contributed by atoms with Crippen molar-refractivity contribution in [3.05, 3.63) is 191 Å². The number of pyridine rings is 1. The van der Waals surface area contributed by atoms with E-state index in [1.165, 1.54) is 88.7 Å². The first-order valence-electron chi connectivity index (χ1n) is 31.7. The van der Waals surface area contributed by atoms with Gasteiger partial charge in [-0.15, -0.1) is 0 Å². The maximum Gasteiger partial charge on any atom is 0.361 e. The fraction of sp³-hybridized carbons (Fsp3) is 0.375. The van der Waals surface area contributed by atoms with Crippen molar-refractivity contribution >= 4 is 44.2 Å². The maximum atomic E-state index is 8.31. The lowest BCUT2D eigenvalue weighted by atomic mass is 9.71. The highest BCUT2D eigenvalue weighted by Crippen LogP contribution is 2.57. The van der Waals surface area contributed by atoms with Crippen LogP contribution in [0.2, 0.25) is 0 Å². The quantitative estimate of drug-likeness (QED) is 0.128. The Hall–Kier alpha value is -7.54. The molecule has 0 fully saturated rings. The third-order valence-corrected chi connectivity index (χ3v) is 19.6. The third kappa shape index (κ3) is 8.27. The number of benzene rings is 6. The molecule has 0 saturated heterocycles. The Labute approximate surface area is 512 Å². The Kier molecular flexibility index (Phi) is 11.7. The zero-order valence-electron chi connectivity index (χ0n) is 55.2. The SMILES string of the molecule is CC(C)(C)C1=CC2C=CC(C(C)(C)C)=CC2C(n2c3ccccc3c3ccc(-c4cc[n+]5c(c4)-c4cc(C(C)(C)C)cc6c4[N+]54Oc5c(cc(C(C)(C)C)cc5C(C)(C)C)-c5n(-c7cc(C(C)(C)C)cc(C(C)(C)C)c7)c7cccc-6c7[n+]54)cc32)=C1. The summed E-state index contributed by atoms with van der Waals surface area (Å²) in [4.78, 5) is 8.30. The van der Waals surface area contributed by atoms with Gasteiger partial charge in [0.25, 0.3) is 16.1 Å². The number of nitrogens with zero attached hydrogens (tertiary/aromatic N) is 5. The van der Waals surface area contributed by atoms with Crippen molar-refractivity contribution in [1.82, 2.24) is 14.0 Å². The highest BCUT2D eigenvalue weighted by Gasteiger charge is 2.71. The molecule has 0 radical (unpaired) electrons. The number of aromatic nitrogens is 4. The molecule has 0 bridgehead atoms. The van der Waals surface area contributed by atoms with Crippen LogP contribution < -0.4 is 19.1 Å². The van der Waals surface area contributed by atoms with Gasteiger partial charge in [0.15, 0.2) is 5.52 Å². The van der Waals surface area contributed by atoms with Crippen molar-refractivity contribution in [2.45, 2.75) is 172 Å². The zero-order chi connectivity index (χ0) is 61.3. The molecule has 6 aromatic carbocycles. The third-order valence-electron chi connectivity index (χ3n) is 19.6. The Bertz CT molecular complexity index is 4550. The molecule has 0 saturated carbocycles. The molecule has 6 heteroatoms. The summed E-state index contributed by atoms with van der Waals surface area (Å²) in [6.45, 7) is 49.4. The average molecular weight is 1140 g/mol. The van der Waals surface area contributed by atoms with Crippen LogP contribution in [0, 0.1) is 22.7 Å². The normalized spacial score (nSPS) is 19.1. The van der Waals surface area contributed by atoms with Gasteiger partial charge in [0.05, 0.1) is 25.9 Å². The number of allylic oxidation sites excluding steroid dienone is 8. The highest BCUT2D eigenvalue weighted by molar-refractivity contribution is 6.11. The van der Waals surface area contributed by atoms with Crippen molar-refractivity contribution in [3.63, 3.8) is 0 Å². The average Bonchev–Trinajstić information content (AvgIpc) is 1.46. The second-order valence-electron chi connectivity index (χ2n) is 33.1. The summed E-state index contributed by atoms with van der Waals surface area (Å²) in [6.07, 6.45) is 14.8. The van der Waals surface area contributed by atoms with Crippen LogP contribution in [0.15, 0.2) is 163 Å². The summed E-state index contributed by atoms with van der Waals surface area (Å²) in [5.74, 6) is 2.46. The van der Waals surface area contributed by atoms with Crippen LogP contribution in [-0.2, 0) is 27.1 Å². The Morgan fingerprint density at radius 3 is 1.71 bits per heavy atom. The lowest BCUT2D eigenvalue weighted by molar-refractivity contribution is -1.08. The molecule has 3 unspecified atom stereocenters. The van der Waals surface area contributed by atoms with E-state index in [4.69, 9.17) is 4.84 Å².